The number of hydrogen-bond acceptors (Lipinski definition) is 0. The summed E-state index contributed by atoms with van der Waals surface area (Å²) in [5.74, 6) is 46.5. The van der Waals surface area contributed by atoms with Crippen molar-refractivity contribution in [1.82, 2.24) is 0 Å². The molecular weight excluding hydrogens is 1430 g/mol. The summed E-state index contributed by atoms with van der Waals surface area (Å²) >= 11 is 0. The molecule has 12 rings (SSSR count). The van der Waals surface area contributed by atoms with Crippen LogP contribution in [-0.4, -0.2) is 18.3 Å². The lowest BCUT2D eigenvalue weighted by Crippen LogP contribution is -2.17. The summed E-state index contributed by atoms with van der Waals surface area (Å²) in [6.45, 7) is 23.2. The molecular formula is C106H84F8. The molecule has 0 bridgehead atoms. The summed E-state index contributed by atoms with van der Waals surface area (Å²) in [6.07, 6.45) is -12.3. The SMILES string of the molecule is Cc1ccc(C#Cc2cc(C)c(C#Cc3ccc(C)cc3)c(C)c2)cc1.Cc1ccc(C#Cc2cc(CC(F)(F)F)c(C#Cc3ccc(C)cc3)c(CC(F)(F)F)c2)cc1.Cc1ccc(C#Cc2ccc(C#Cc3ccc(C)c(CC(C)(F)F)c3)cc2)cc1.Cc1ccc(C#Cc2ccc(C#Cc3ccc(C)cc3)c(C)c2)cc1. The van der Waals surface area contributed by atoms with Crippen LogP contribution in [0.1, 0.15) is 174 Å². The molecule has 0 spiro atoms. The summed E-state index contributed by atoms with van der Waals surface area (Å²) in [6, 6.07) is 81.1. The maximum Gasteiger partial charge on any atom is 0.393 e. The monoisotopic (exact) mass is 1510 g/mol. The highest BCUT2D eigenvalue weighted by molar-refractivity contribution is 5.59. The van der Waals surface area contributed by atoms with Crippen molar-refractivity contribution < 1.29 is 35.1 Å². The first-order valence-corrected chi connectivity index (χ1v) is 37.0. The van der Waals surface area contributed by atoms with Crippen LogP contribution in [-0.2, 0) is 19.3 Å². The molecule has 0 aromatic heterocycles. The Labute approximate surface area is 668 Å². The van der Waals surface area contributed by atoms with E-state index in [9.17, 15) is 35.1 Å². The molecule has 0 atom stereocenters. The first kappa shape index (κ1) is 84.6. The van der Waals surface area contributed by atoms with Gasteiger partial charge in [-0.2, -0.15) is 26.3 Å². The molecule has 564 valence electrons. The molecule has 12 aromatic rings. The molecule has 0 unspecified atom stereocenters. The topological polar surface area (TPSA) is 0 Å². The third kappa shape index (κ3) is 29.1. The fourth-order valence-electron chi connectivity index (χ4n) is 11.3. The molecule has 0 radical (unpaired) electrons. The van der Waals surface area contributed by atoms with Crippen LogP contribution in [0.3, 0.4) is 0 Å². The van der Waals surface area contributed by atoms with E-state index in [1.54, 1.807) is 42.5 Å². The minimum atomic E-state index is -4.63. The Hall–Kier alpha value is -13.4. The van der Waals surface area contributed by atoms with Crippen LogP contribution >= 0.6 is 0 Å². The van der Waals surface area contributed by atoms with Crippen LogP contribution in [0, 0.1) is 171 Å². The van der Waals surface area contributed by atoms with E-state index in [4.69, 9.17) is 0 Å². The van der Waals surface area contributed by atoms with Crippen LogP contribution in [0.4, 0.5) is 35.1 Å². The molecule has 0 saturated heterocycles. The Bertz CT molecular complexity index is 5850. The Morgan fingerprint density at radius 3 is 0.711 bits per heavy atom. The van der Waals surface area contributed by atoms with Gasteiger partial charge in [-0.05, 0) is 286 Å². The summed E-state index contributed by atoms with van der Waals surface area (Å²) in [5.41, 5.74) is 25.2. The van der Waals surface area contributed by atoms with E-state index in [1.807, 2.05) is 107 Å². The lowest BCUT2D eigenvalue weighted by molar-refractivity contribution is -0.127. The second-order valence-corrected chi connectivity index (χ2v) is 28.3. The maximum atomic E-state index is 13.4. The molecule has 0 heterocycles. The van der Waals surface area contributed by atoms with Crippen molar-refractivity contribution in [2.24, 2.45) is 0 Å². The Balaban J connectivity index is 0.000000175. The van der Waals surface area contributed by atoms with Crippen LogP contribution in [0.25, 0.3) is 0 Å². The van der Waals surface area contributed by atoms with E-state index in [-0.39, 0.29) is 28.7 Å². The summed E-state index contributed by atoms with van der Waals surface area (Å²) < 4.78 is 107. The Morgan fingerprint density at radius 1 is 0.193 bits per heavy atom. The number of rotatable bonds is 4. The van der Waals surface area contributed by atoms with Crippen molar-refractivity contribution in [3.8, 4) is 94.7 Å². The van der Waals surface area contributed by atoms with Gasteiger partial charge in [0.05, 0.1) is 12.8 Å². The zero-order valence-electron chi connectivity index (χ0n) is 65.9. The number of hydrogen-bond donors (Lipinski definition) is 0. The average Bonchev–Trinajstić information content (AvgIpc) is 0.799. The van der Waals surface area contributed by atoms with E-state index in [0.29, 0.717) is 16.7 Å². The standard InChI is InChI=1S/C28H20F6.C27H22F2.C26H22.C25H20/c1-19-3-7-21(8-4-19)11-12-23-15-24(17-27(29,30)31)26(25(16-23)18-28(32,33)34)14-13-22-9-5-20(2)6-10-22;1-20-4-7-22(8-5-20)10-11-23-12-14-24(15-13-23)16-17-25-9-6-21(2)26(18-25)19-27(3,28)29;1-19-5-9-23(10-6-19)13-14-25-17-21(3)26(22(4)18-25)16-15-24-11-7-20(2)8-12-24;1-19-4-8-22(9-5-19)12-13-24-15-17-25(21(3)18-24)16-14-23-10-6-20(2)7-11-23/h3-10,15-16H,17-18H2,1-2H3;4-9,12-15,18H,19H2,1-3H3;5-12,17-18H,1-4H3;4-11,15,17-18H,1-3H3. The number of halogens is 8. The normalized spacial score (nSPS) is 10.4. The van der Waals surface area contributed by atoms with Crippen molar-refractivity contribution in [1.29, 1.82) is 0 Å². The largest absolute Gasteiger partial charge is 0.393 e. The van der Waals surface area contributed by atoms with Gasteiger partial charge in [-0.25, -0.2) is 8.78 Å². The fraction of sp³-hybridized carbons (Fsp3) is 0.170. The van der Waals surface area contributed by atoms with Crippen LogP contribution in [0.2, 0.25) is 0 Å². The highest BCUT2D eigenvalue weighted by Crippen LogP contribution is 2.31. The average molecular weight is 1510 g/mol. The third-order valence-corrected chi connectivity index (χ3v) is 17.7. The lowest BCUT2D eigenvalue weighted by Gasteiger charge is -2.15. The third-order valence-electron chi connectivity index (χ3n) is 17.7. The molecule has 0 aliphatic heterocycles. The molecule has 0 N–H and O–H groups in total. The molecule has 8 heteroatoms. The van der Waals surface area contributed by atoms with Gasteiger partial charge in [0.15, 0.2) is 0 Å². The van der Waals surface area contributed by atoms with Crippen LogP contribution < -0.4 is 0 Å². The molecule has 0 amide bonds. The zero-order valence-corrected chi connectivity index (χ0v) is 65.9. The predicted octanol–water partition coefficient (Wildman–Crippen LogP) is 24.7. The van der Waals surface area contributed by atoms with Gasteiger partial charge in [0.2, 0.25) is 5.92 Å². The van der Waals surface area contributed by atoms with Gasteiger partial charge in [-0.15, -0.1) is 0 Å². The van der Waals surface area contributed by atoms with E-state index in [2.05, 4.69) is 265 Å². The van der Waals surface area contributed by atoms with Crippen molar-refractivity contribution in [2.75, 3.05) is 0 Å². The molecule has 0 fully saturated rings. The van der Waals surface area contributed by atoms with Gasteiger partial charge in [0, 0.05) is 95.4 Å². The van der Waals surface area contributed by atoms with Crippen molar-refractivity contribution in [3.63, 3.8) is 0 Å². The van der Waals surface area contributed by atoms with Gasteiger partial charge in [-0.3, -0.25) is 0 Å². The van der Waals surface area contributed by atoms with E-state index in [0.717, 1.165) is 107 Å². The highest BCUT2D eigenvalue weighted by Gasteiger charge is 2.33. The smallest absolute Gasteiger partial charge is 0.207 e. The van der Waals surface area contributed by atoms with Crippen LogP contribution in [0.15, 0.2) is 255 Å². The first-order chi connectivity index (χ1) is 54.3. The van der Waals surface area contributed by atoms with E-state index < -0.39 is 31.1 Å². The number of benzene rings is 12. The molecule has 0 nitrogen and oxygen atoms in total. The van der Waals surface area contributed by atoms with E-state index >= 15 is 0 Å². The Kier molecular flexibility index (Phi) is 29.7. The van der Waals surface area contributed by atoms with Gasteiger partial charge in [0.1, 0.15) is 0 Å². The second-order valence-electron chi connectivity index (χ2n) is 28.3. The van der Waals surface area contributed by atoms with Crippen molar-refractivity contribution in [2.45, 2.75) is 121 Å². The second kappa shape index (κ2) is 40.0. The molecule has 0 saturated carbocycles. The van der Waals surface area contributed by atoms with Crippen LogP contribution in [0.5, 0.6) is 0 Å². The molecule has 0 aliphatic carbocycles. The van der Waals surface area contributed by atoms with Gasteiger partial charge >= 0.3 is 12.4 Å². The lowest BCUT2D eigenvalue weighted by atomic mass is 9.93. The Morgan fingerprint density at radius 2 is 0.412 bits per heavy atom. The molecule has 0 aliphatic rings. The summed E-state index contributed by atoms with van der Waals surface area (Å²) in [5, 5.41) is 0. The van der Waals surface area contributed by atoms with Crippen molar-refractivity contribution >= 4 is 0 Å². The number of alkyl halides is 8. The number of aryl methyl sites for hydroxylation is 11. The van der Waals surface area contributed by atoms with Gasteiger partial charge in [0.25, 0.3) is 0 Å². The fourth-order valence-corrected chi connectivity index (χ4v) is 11.3. The minimum absolute atomic E-state index is 0.0694. The van der Waals surface area contributed by atoms with Crippen molar-refractivity contribution in [3.05, 3.63) is 422 Å². The predicted molar refractivity (Wildman–Crippen MR) is 451 cm³/mol. The van der Waals surface area contributed by atoms with E-state index in [1.165, 1.54) is 39.9 Å². The highest BCUT2D eigenvalue weighted by atomic mass is 19.4. The first-order valence-electron chi connectivity index (χ1n) is 37.0. The van der Waals surface area contributed by atoms with Gasteiger partial charge in [-0.1, -0.05) is 225 Å². The molecule has 114 heavy (non-hydrogen) atoms. The zero-order chi connectivity index (χ0) is 82.0. The maximum absolute atomic E-state index is 13.4. The molecule has 12 aromatic carbocycles. The summed E-state index contributed by atoms with van der Waals surface area (Å²) in [7, 11) is 0. The van der Waals surface area contributed by atoms with Gasteiger partial charge < -0.3 is 0 Å². The summed E-state index contributed by atoms with van der Waals surface area (Å²) in [4.78, 5) is 0. The minimum Gasteiger partial charge on any atom is -0.207 e. The quantitative estimate of drug-likeness (QED) is 0.122.